The number of hydrogen-bond acceptors (Lipinski definition) is 3. The first-order chi connectivity index (χ1) is 8.36. The predicted octanol–water partition coefficient (Wildman–Crippen LogP) is 3.50. The lowest BCUT2D eigenvalue weighted by Crippen LogP contribution is -2.26. The van der Waals surface area contributed by atoms with Gasteiger partial charge in [-0.15, -0.1) is 11.3 Å². The van der Waals surface area contributed by atoms with Crippen molar-refractivity contribution in [3.63, 3.8) is 0 Å². The minimum atomic E-state index is -0.488. The average Bonchev–Trinajstić information content (AvgIpc) is 2.87. The van der Waals surface area contributed by atoms with E-state index in [2.05, 4.69) is 17.5 Å². The Hall–Kier alpha value is -0.900. The van der Waals surface area contributed by atoms with Gasteiger partial charge in [0.05, 0.1) is 6.10 Å². The number of thiophene rings is 1. The van der Waals surface area contributed by atoms with E-state index in [-0.39, 0.29) is 6.10 Å². The van der Waals surface area contributed by atoms with Crippen molar-refractivity contribution in [2.75, 3.05) is 6.61 Å². The van der Waals surface area contributed by atoms with Gasteiger partial charge in [-0.25, -0.2) is 0 Å². The highest BCUT2D eigenvalue weighted by atomic mass is 32.1. The van der Waals surface area contributed by atoms with Gasteiger partial charge in [0.2, 0.25) is 0 Å². The summed E-state index contributed by atoms with van der Waals surface area (Å²) in [6.45, 7) is 0.780. The Morgan fingerprint density at radius 2 is 2.24 bits per heavy atom. The predicted molar refractivity (Wildman–Crippen MR) is 70.4 cm³/mol. The minimum Gasteiger partial charge on any atom is -0.386 e. The fourth-order valence-corrected chi connectivity index (χ4v) is 3.41. The molecule has 0 amide bonds. The Bertz CT molecular complexity index is 500. The van der Waals surface area contributed by atoms with Crippen LogP contribution in [0.1, 0.15) is 30.9 Å². The third kappa shape index (κ3) is 2.10. The lowest BCUT2D eigenvalue weighted by molar-refractivity contribution is -0.0627. The molecule has 2 aromatic rings. The van der Waals surface area contributed by atoms with Crippen molar-refractivity contribution in [3.05, 3.63) is 35.2 Å². The van der Waals surface area contributed by atoms with E-state index in [1.807, 2.05) is 12.1 Å². The number of rotatable bonds is 2. The lowest BCUT2D eigenvalue weighted by Gasteiger charge is -2.27. The van der Waals surface area contributed by atoms with Crippen LogP contribution >= 0.6 is 11.3 Å². The molecule has 90 valence electrons. The third-order valence-electron chi connectivity index (χ3n) is 3.40. The molecule has 0 saturated carbocycles. The summed E-state index contributed by atoms with van der Waals surface area (Å²) in [6.07, 6.45) is 2.71. The average molecular weight is 248 g/mol. The molecular formula is C14H16O2S. The maximum atomic E-state index is 10.4. The van der Waals surface area contributed by atoms with Crippen LogP contribution in [0.25, 0.3) is 10.1 Å². The normalized spacial score (nSPS) is 22.8. The molecule has 0 aliphatic carbocycles. The molecular weight excluding hydrogens is 232 g/mol. The second-order valence-corrected chi connectivity index (χ2v) is 5.45. The van der Waals surface area contributed by atoms with E-state index in [1.165, 1.54) is 10.1 Å². The fourth-order valence-electron chi connectivity index (χ4n) is 2.46. The molecule has 1 saturated heterocycles. The van der Waals surface area contributed by atoms with Gasteiger partial charge in [0.25, 0.3) is 0 Å². The smallest absolute Gasteiger partial charge is 0.106 e. The van der Waals surface area contributed by atoms with Crippen LogP contribution in [-0.4, -0.2) is 17.8 Å². The molecule has 3 rings (SSSR count). The summed E-state index contributed by atoms with van der Waals surface area (Å²) in [4.78, 5) is 0. The zero-order valence-corrected chi connectivity index (χ0v) is 10.5. The molecule has 0 spiro atoms. The Balaban J connectivity index is 1.94. The van der Waals surface area contributed by atoms with Crippen molar-refractivity contribution < 1.29 is 9.84 Å². The van der Waals surface area contributed by atoms with Gasteiger partial charge in [0.1, 0.15) is 6.10 Å². The molecule has 1 aliphatic heterocycles. The number of ether oxygens (including phenoxy) is 1. The van der Waals surface area contributed by atoms with Crippen LogP contribution in [0.3, 0.4) is 0 Å². The molecule has 1 aromatic heterocycles. The Kier molecular flexibility index (Phi) is 3.14. The minimum absolute atomic E-state index is 0.0311. The Labute approximate surface area is 105 Å². The number of benzene rings is 1. The number of fused-ring (bicyclic) bond motifs is 1. The van der Waals surface area contributed by atoms with E-state index in [4.69, 9.17) is 4.74 Å². The second-order valence-electron chi connectivity index (χ2n) is 4.54. The molecule has 1 fully saturated rings. The van der Waals surface area contributed by atoms with Crippen LogP contribution in [0.2, 0.25) is 0 Å². The maximum Gasteiger partial charge on any atom is 0.106 e. The summed E-state index contributed by atoms with van der Waals surface area (Å²) in [5, 5.41) is 13.7. The third-order valence-corrected chi connectivity index (χ3v) is 4.37. The molecule has 2 nitrogen and oxygen atoms in total. The largest absolute Gasteiger partial charge is 0.386 e. The molecule has 0 bridgehead atoms. The van der Waals surface area contributed by atoms with Gasteiger partial charge < -0.3 is 9.84 Å². The quantitative estimate of drug-likeness (QED) is 0.881. The van der Waals surface area contributed by atoms with Crippen LogP contribution in [0.15, 0.2) is 29.6 Å². The first-order valence-corrected chi connectivity index (χ1v) is 7.00. The van der Waals surface area contributed by atoms with Crippen molar-refractivity contribution >= 4 is 21.4 Å². The highest BCUT2D eigenvalue weighted by Gasteiger charge is 2.25. The molecule has 1 aromatic carbocycles. The molecule has 3 heteroatoms. The van der Waals surface area contributed by atoms with Crippen molar-refractivity contribution in [2.24, 2.45) is 0 Å². The van der Waals surface area contributed by atoms with Gasteiger partial charge in [-0.3, -0.25) is 0 Å². The van der Waals surface area contributed by atoms with E-state index < -0.39 is 6.10 Å². The van der Waals surface area contributed by atoms with Crippen molar-refractivity contribution in [2.45, 2.75) is 31.5 Å². The first-order valence-electron chi connectivity index (χ1n) is 6.12. The summed E-state index contributed by atoms with van der Waals surface area (Å²) < 4.78 is 6.86. The van der Waals surface area contributed by atoms with E-state index >= 15 is 0 Å². The van der Waals surface area contributed by atoms with Crippen molar-refractivity contribution in [1.82, 2.24) is 0 Å². The standard InChI is InChI=1S/C14H16O2S/c15-13(12-6-1-2-8-16-12)11-5-3-4-10-7-9-17-14(10)11/h3-5,7,9,12-13,15H,1-2,6,8H2. The lowest BCUT2D eigenvalue weighted by atomic mass is 9.97. The van der Waals surface area contributed by atoms with E-state index in [9.17, 15) is 5.11 Å². The van der Waals surface area contributed by atoms with Crippen LogP contribution in [-0.2, 0) is 4.74 Å². The van der Waals surface area contributed by atoms with Gasteiger partial charge >= 0.3 is 0 Å². The SMILES string of the molecule is OC(c1cccc2ccsc12)C1CCCCO1. The van der Waals surface area contributed by atoms with Crippen LogP contribution in [0.5, 0.6) is 0 Å². The fraction of sp³-hybridized carbons (Fsp3) is 0.429. The van der Waals surface area contributed by atoms with E-state index in [0.717, 1.165) is 31.4 Å². The zero-order chi connectivity index (χ0) is 11.7. The van der Waals surface area contributed by atoms with E-state index in [1.54, 1.807) is 11.3 Å². The van der Waals surface area contributed by atoms with Gasteiger partial charge in [-0.2, -0.15) is 0 Å². The monoisotopic (exact) mass is 248 g/mol. The first kappa shape index (κ1) is 11.2. The molecule has 2 unspecified atom stereocenters. The summed E-state index contributed by atoms with van der Waals surface area (Å²) in [7, 11) is 0. The van der Waals surface area contributed by atoms with E-state index in [0.29, 0.717) is 0 Å². The molecule has 17 heavy (non-hydrogen) atoms. The van der Waals surface area contributed by atoms with Crippen LogP contribution in [0.4, 0.5) is 0 Å². The molecule has 0 radical (unpaired) electrons. The second kappa shape index (κ2) is 4.77. The van der Waals surface area contributed by atoms with Gasteiger partial charge in [-0.1, -0.05) is 18.2 Å². The number of aliphatic hydroxyl groups excluding tert-OH is 1. The molecule has 1 aliphatic rings. The maximum absolute atomic E-state index is 10.4. The summed E-state index contributed by atoms with van der Waals surface area (Å²) in [5.41, 5.74) is 1.02. The molecule has 2 heterocycles. The number of hydrogen-bond donors (Lipinski definition) is 1. The summed E-state index contributed by atoms with van der Waals surface area (Å²) in [5.74, 6) is 0. The van der Waals surface area contributed by atoms with Gasteiger partial charge in [-0.05, 0) is 36.1 Å². The van der Waals surface area contributed by atoms with Gasteiger partial charge in [0.15, 0.2) is 0 Å². The van der Waals surface area contributed by atoms with Crippen LogP contribution < -0.4 is 0 Å². The summed E-state index contributed by atoms with van der Waals surface area (Å²) >= 11 is 1.69. The topological polar surface area (TPSA) is 29.5 Å². The molecule has 2 atom stereocenters. The molecule has 1 N–H and O–H groups in total. The summed E-state index contributed by atoms with van der Waals surface area (Å²) in [6, 6.07) is 8.21. The van der Waals surface area contributed by atoms with Crippen LogP contribution in [0, 0.1) is 0 Å². The Morgan fingerprint density at radius 1 is 1.29 bits per heavy atom. The van der Waals surface area contributed by atoms with Crippen molar-refractivity contribution in [1.29, 1.82) is 0 Å². The van der Waals surface area contributed by atoms with Crippen molar-refractivity contribution in [3.8, 4) is 0 Å². The van der Waals surface area contributed by atoms with Gasteiger partial charge in [0, 0.05) is 16.9 Å². The zero-order valence-electron chi connectivity index (χ0n) is 9.63. The Morgan fingerprint density at radius 3 is 3.06 bits per heavy atom. The highest BCUT2D eigenvalue weighted by molar-refractivity contribution is 7.17. The highest BCUT2D eigenvalue weighted by Crippen LogP contribution is 2.33. The number of aliphatic hydroxyl groups is 1.